The van der Waals surface area contributed by atoms with Gasteiger partial charge in [-0.05, 0) is 17.7 Å². The highest BCUT2D eigenvalue weighted by molar-refractivity contribution is 6.30. The topological polar surface area (TPSA) is 9.23 Å². The maximum atomic E-state index is 5.66. The average Bonchev–Trinajstić information content (AvgIpc) is 2.04. The third-order valence-electron chi connectivity index (χ3n) is 1.21. The van der Waals surface area contributed by atoms with Crippen LogP contribution in [-0.2, 0) is 11.3 Å². The molecule has 0 amide bonds. The Hall–Kier alpha value is -0.240. The van der Waals surface area contributed by atoms with Gasteiger partial charge in [0.15, 0.2) is 0 Å². The molecule has 0 spiro atoms. The van der Waals surface area contributed by atoms with Gasteiger partial charge in [-0.1, -0.05) is 35.3 Å². The molecule has 0 atom stereocenters. The van der Waals surface area contributed by atoms with Crippen LogP contribution in [0.2, 0.25) is 5.02 Å². The van der Waals surface area contributed by atoms with Crippen molar-refractivity contribution in [2.24, 2.45) is 0 Å². The predicted octanol–water partition coefficient (Wildman–Crippen LogP) is 3.09. The molecule has 0 N–H and O–H groups in total. The van der Waals surface area contributed by atoms with Crippen molar-refractivity contribution in [2.45, 2.75) is 6.61 Å². The number of ether oxygens (including phenoxy) is 1. The van der Waals surface area contributed by atoms with Crippen LogP contribution in [0.25, 0.3) is 0 Å². The van der Waals surface area contributed by atoms with Gasteiger partial charge in [-0.2, -0.15) is 0 Å². The Balaban J connectivity index is 2.52. The minimum Gasteiger partial charge on any atom is -0.347 e. The molecule has 0 heterocycles. The molecule has 0 saturated carbocycles. The van der Waals surface area contributed by atoms with Gasteiger partial charge in [0.05, 0.1) is 6.61 Å². The van der Waals surface area contributed by atoms with Crippen molar-refractivity contribution in [2.75, 3.05) is 0 Å². The van der Waals surface area contributed by atoms with Gasteiger partial charge in [0.25, 0.3) is 0 Å². The largest absolute Gasteiger partial charge is 0.347 e. The van der Waals surface area contributed by atoms with Crippen LogP contribution >= 0.6 is 23.2 Å². The van der Waals surface area contributed by atoms with E-state index in [0.29, 0.717) is 11.6 Å². The summed E-state index contributed by atoms with van der Waals surface area (Å²) in [7, 11) is 0. The Morgan fingerprint density at radius 3 is 2.45 bits per heavy atom. The SMILES string of the molecule is Cl[C]OCc1ccc(Cl)cc1. The Morgan fingerprint density at radius 1 is 1.27 bits per heavy atom. The van der Waals surface area contributed by atoms with Gasteiger partial charge >= 0.3 is 0 Å². The number of hydrogen-bond acceptors (Lipinski definition) is 1. The highest BCUT2D eigenvalue weighted by Gasteiger charge is 1.92. The quantitative estimate of drug-likeness (QED) is 0.709. The van der Waals surface area contributed by atoms with E-state index in [2.05, 4.69) is 6.07 Å². The van der Waals surface area contributed by atoms with Crippen LogP contribution in [0.15, 0.2) is 24.3 Å². The summed E-state index contributed by atoms with van der Waals surface area (Å²) in [6, 6.07) is 9.41. The van der Waals surface area contributed by atoms with Crippen molar-refractivity contribution in [3.05, 3.63) is 40.9 Å². The smallest absolute Gasteiger partial charge is 0.237 e. The fourth-order valence-corrected chi connectivity index (χ4v) is 0.872. The lowest BCUT2D eigenvalue weighted by Gasteiger charge is -1.98. The summed E-state index contributed by atoms with van der Waals surface area (Å²) in [4.78, 5) is 0. The molecule has 0 aliphatic rings. The standard InChI is InChI=1S/C8H6Cl2O/c9-6-11-5-7-1-3-8(10)4-2-7/h1-4H,5H2. The van der Waals surface area contributed by atoms with Gasteiger partial charge in [0.1, 0.15) is 0 Å². The molecule has 0 saturated heterocycles. The van der Waals surface area contributed by atoms with Gasteiger partial charge in [-0.3, -0.25) is 0 Å². The van der Waals surface area contributed by atoms with Crippen molar-refractivity contribution in [3.63, 3.8) is 0 Å². The molecule has 1 aromatic carbocycles. The molecule has 0 bridgehead atoms. The minimum absolute atomic E-state index is 0.431. The molecule has 0 unspecified atom stereocenters. The molecule has 0 fully saturated rings. The van der Waals surface area contributed by atoms with E-state index < -0.39 is 0 Å². The molecule has 1 rings (SSSR count). The molecule has 0 aliphatic heterocycles. The van der Waals surface area contributed by atoms with Crippen LogP contribution in [0, 0.1) is 6.07 Å². The zero-order valence-electron chi connectivity index (χ0n) is 5.68. The molecule has 0 aliphatic carbocycles. The van der Waals surface area contributed by atoms with Crippen LogP contribution in [0.4, 0.5) is 0 Å². The second kappa shape index (κ2) is 4.60. The van der Waals surface area contributed by atoms with Crippen LogP contribution in [0.1, 0.15) is 5.56 Å². The van der Waals surface area contributed by atoms with E-state index in [1.807, 2.05) is 12.1 Å². The average molecular weight is 189 g/mol. The molecule has 11 heavy (non-hydrogen) atoms. The van der Waals surface area contributed by atoms with Crippen molar-refractivity contribution in [3.8, 4) is 0 Å². The van der Waals surface area contributed by atoms with E-state index in [0.717, 1.165) is 5.56 Å². The fourth-order valence-electron chi connectivity index (χ4n) is 0.691. The molecule has 2 radical (unpaired) electrons. The molecule has 1 aromatic rings. The van der Waals surface area contributed by atoms with Gasteiger partial charge in [-0.25, -0.2) is 0 Å². The molecular formula is C8H6Cl2O. The van der Waals surface area contributed by atoms with E-state index in [-0.39, 0.29) is 0 Å². The van der Waals surface area contributed by atoms with Crippen LogP contribution in [-0.4, -0.2) is 0 Å². The Labute approximate surface area is 75.9 Å². The van der Waals surface area contributed by atoms with Crippen molar-refractivity contribution in [1.29, 1.82) is 0 Å². The first-order chi connectivity index (χ1) is 5.33. The lowest BCUT2D eigenvalue weighted by atomic mass is 10.2. The molecule has 3 heteroatoms. The number of rotatable bonds is 3. The highest BCUT2D eigenvalue weighted by Crippen LogP contribution is 2.10. The zero-order chi connectivity index (χ0) is 8.10. The maximum Gasteiger partial charge on any atom is 0.237 e. The third kappa shape index (κ3) is 3.10. The predicted molar refractivity (Wildman–Crippen MR) is 45.3 cm³/mol. The molecule has 1 nitrogen and oxygen atoms in total. The highest BCUT2D eigenvalue weighted by atomic mass is 35.5. The second-order valence-corrected chi connectivity index (χ2v) is 2.58. The first-order valence-electron chi connectivity index (χ1n) is 3.05. The normalized spacial score (nSPS) is 10.0. The van der Waals surface area contributed by atoms with Gasteiger partial charge < -0.3 is 4.74 Å². The number of benzene rings is 1. The van der Waals surface area contributed by atoms with Crippen molar-refractivity contribution in [1.82, 2.24) is 0 Å². The van der Waals surface area contributed by atoms with Crippen LogP contribution < -0.4 is 0 Å². The lowest BCUT2D eigenvalue weighted by Crippen LogP contribution is -1.85. The van der Waals surface area contributed by atoms with Gasteiger partial charge in [-0.15, -0.1) is 0 Å². The van der Waals surface area contributed by atoms with E-state index in [1.54, 1.807) is 12.1 Å². The maximum absolute atomic E-state index is 5.66. The van der Waals surface area contributed by atoms with Crippen molar-refractivity contribution >= 4 is 23.2 Å². The van der Waals surface area contributed by atoms with Crippen molar-refractivity contribution < 1.29 is 4.74 Å². The Morgan fingerprint density at radius 2 is 1.91 bits per heavy atom. The zero-order valence-corrected chi connectivity index (χ0v) is 7.19. The first-order valence-corrected chi connectivity index (χ1v) is 3.80. The molecule has 58 valence electrons. The summed E-state index contributed by atoms with van der Waals surface area (Å²) in [5.41, 5.74) is 1.02. The second-order valence-electron chi connectivity index (χ2n) is 1.99. The number of halogens is 2. The fraction of sp³-hybridized carbons (Fsp3) is 0.125. The summed E-state index contributed by atoms with van der Waals surface area (Å²) in [6.45, 7) is 0.431. The van der Waals surface area contributed by atoms with Crippen LogP contribution in [0.3, 0.4) is 0 Å². The van der Waals surface area contributed by atoms with E-state index in [4.69, 9.17) is 27.9 Å². The summed E-state index contributed by atoms with van der Waals surface area (Å²) >= 11 is 10.7. The van der Waals surface area contributed by atoms with Gasteiger partial charge in [0, 0.05) is 5.02 Å². The monoisotopic (exact) mass is 188 g/mol. The molecular weight excluding hydrogens is 183 g/mol. The Bertz CT molecular complexity index is 208. The van der Waals surface area contributed by atoms with E-state index >= 15 is 0 Å². The summed E-state index contributed by atoms with van der Waals surface area (Å²) < 4.78 is 4.73. The lowest BCUT2D eigenvalue weighted by molar-refractivity contribution is 0.214. The minimum atomic E-state index is 0.431. The van der Waals surface area contributed by atoms with E-state index in [9.17, 15) is 0 Å². The van der Waals surface area contributed by atoms with E-state index in [1.165, 1.54) is 0 Å². The van der Waals surface area contributed by atoms with Gasteiger partial charge in [0.2, 0.25) is 6.07 Å². The molecule has 0 aromatic heterocycles. The van der Waals surface area contributed by atoms with Crippen LogP contribution in [0.5, 0.6) is 0 Å². The number of hydrogen-bond donors (Lipinski definition) is 0. The Kier molecular flexibility index (Phi) is 3.70. The third-order valence-corrected chi connectivity index (χ3v) is 1.57. The summed E-state index contributed by atoms with van der Waals surface area (Å²) in [5, 5.41) is 0.715. The summed E-state index contributed by atoms with van der Waals surface area (Å²) in [6.07, 6.45) is 0. The summed E-state index contributed by atoms with van der Waals surface area (Å²) in [5.74, 6) is 0. The first kappa shape index (κ1) is 8.85.